The molecule has 0 unspecified atom stereocenters. The van der Waals surface area contributed by atoms with Gasteiger partial charge in [-0.3, -0.25) is 97.1 Å². The SMILES string of the molecule is CC[C@H](C)[C@H](NC(=O)[C@H](CCC(=O)O)NC(=O)[C@H](C)NC(=O)[C@H](Cc1c[nH]cn1)NC(=O)[C@H](C)NC(=O)[C@H](C)NC(=O)[C@H](Cc1c[nH]cn1)NC(=O)NNC(=O)[C@H](C)NC(=O)[C@H](CCC(N)=O)NC(=O)c1ccc2c(c1)C(=O)OC21c2ccc(O)cc2Oc2cc(O)ccc21)C(=O)N[C@@H](CC(N)=O)C(=O)N[C@@H](CCC(=O)O)C(=O)N[C@@H](C)C(=O)NCC(=O)N[C@@H](CCCNC(=N)N)C(=O)O. The lowest BCUT2D eigenvalue weighted by Crippen LogP contribution is -2.61. The molecular formula is C82H107N25O28. The second-order valence-electron chi connectivity index (χ2n) is 31.5. The van der Waals surface area contributed by atoms with Gasteiger partial charge in [0.1, 0.15) is 102 Å². The number of aliphatic carboxylic acids is 3. The molecule has 0 saturated carbocycles. The molecular weight excluding hydrogens is 1780 g/mol. The molecule has 53 heteroatoms. The first-order valence-corrected chi connectivity index (χ1v) is 42.0. The van der Waals surface area contributed by atoms with Gasteiger partial charge < -0.3 is 142 Å². The number of carboxylic acids is 3. The minimum atomic E-state index is -1.99. The Morgan fingerprint density at radius 1 is 0.459 bits per heavy atom. The van der Waals surface area contributed by atoms with Gasteiger partial charge in [-0.25, -0.2) is 29.8 Å². The molecule has 2 aliphatic rings. The maximum absolute atomic E-state index is 14.3. The van der Waals surface area contributed by atoms with E-state index in [1.807, 2.05) is 5.43 Å². The normalized spacial score (nSPS) is 14.9. The molecule has 728 valence electrons. The molecule has 7 rings (SSSR count). The number of hydrazine groups is 1. The molecule has 31 N–H and O–H groups in total. The van der Waals surface area contributed by atoms with Gasteiger partial charge >= 0.3 is 29.9 Å². The first-order valence-electron chi connectivity index (χ1n) is 42.0. The van der Waals surface area contributed by atoms with Crippen LogP contribution >= 0.6 is 0 Å². The van der Waals surface area contributed by atoms with Gasteiger partial charge in [-0.05, 0) is 109 Å². The van der Waals surface area contributed by atoms with Crippen LogP contribution in [0, 0.1) is 11.3 Å². The number of carbonyl (C=O) groups is 21. The van der Waals surface area contributed by atoms with Crippen molar-refractivity contribution in [2.75, 3.05) is 13.1 Å². The lowest BCUT2D eigenvalue weighted by atomic mass is 9.77. The molecule has 18 amide bonds. The van der Waals surface area contributed by atoms with Gasteiger partial charge in [0.25, 0.3) is 11.8 Å². The molecule has 2 aliphatic heterocycles. The number of ether oxygens (including phenoxy) is 2. The van der Waals surface area contributed by atoms with E-state index in [-0.39, 0.29) is 95.7 Å². The Kier molecular flexibility index (Phi) is 38.2. The number of H-pyrrole nitrogens is 2. The second-order valence-corrected chi connectivity index (χ2v) is 31.5. The van der Waals surface area contributed by atoms with Crippen LogP contribution in [0.1, 0.15) is 161 Å². The highest BCUT2D eigenvalue weighted by molar-refractivity contribution is 6.05. The van der Waals surface area contributed by atoms with Crippen LogP contribution in [0.3, 0.4) is 0 Å². The van der Waals surface area contributed by atoms with Crippen LogP contribution in [-0.2, 0) is 109 Å². The molecule has 0 aliphatic carbocycles. The summed E-state index contributed by atoms with van der Waals surface area (Å²) in [5, 5.41) is 91.7. The van der Waals surface area contributed by atoms with Gasteiger partial charge in [0.15, 0.2) is 11.6 Å². The van der Waals surface area contributed by atoms with Crippen molar-refractivity contribution >= 4 is 130 Å². The summed E-state index contributed by atoms with van der Waals surface area (Å²) >= 11 is 0. The van der Waals surface area contributed by atoms with E-state index in [2.05, 4.69) is 105 Å². The van der Waals surface area contributed by atoms with Crippen LogP contribution in [-0.4, -0.2) is 267 Å². The van der Waals surface area contributed by atoms with Crippen LogP contribution in [0.5, 0.6) is 23.0 Å². The van der Waals surface area contributed by atoms with Crippen molar-refractivity contribution in [3.63, 3.8) is 0 Å². The molecule has 4 heterocycles. The number of phenols is 2. The number of imidazole rings is 2. The molecule has 2 aromatic heterocycles. The van der Waals surface area contributed by atoms with E-state index in [9.17, 15) is 126 Å². The molecule has 53 nitrogen and oxygen atoms in total. The van der Waals surface area contributed by atoms with E-state index >= 15 is 0 Å². The number of nitrogens with zero attached hydrogens (tertiary/aromatic N) is 2. The lowest BCUT2D eigenvalue weighted by molar-refractivity contribution is -0.142. The van der Waals surface area contributed by atoms with Crippen LogP contribution in [0.4, 0.5) is 4.79 Å². The maximum atomic E-state index is 14.3. The standard InChI is InChI=1S/C82H107N25O28/c1-8-35(2)64(77(129)103-56(29-60(84)111)76(128)101-51(18-21-62(113)114)72(124)94-36(3)65(117)90-32-61(112)98-53(78(130)131)10-9-23-89-80(85)86)105-73(125)52(19-22-63(115)116)99-67(119)39(6)96-74(126)54(25-42-30-87-33-91-42)102-68(120)38(5)93-66(118)37(4)95-75(127)55(26-43-31-88-34-92-43)104-81(133)107-106-69(121)40(7)97-71(123)50(17-20-59(83)110)100-70(122)41-11-14-47-46(24-41)79(132)135-82(47)48-15-12-44(108)27-57(48)134-58-28-45(109)13-16-49(58)82/h11-16,24,27-28,30-31,33-40,50-56,64,108-109H,8-10,17-23,25-26,29,32H2,1-7H3,(H2,83,110)(H2,84,111)(H,87,91)(H,88,92)(H,90,117)(H,93,118)(H,94,124)(H,95,127)(H,96,126)(H,97,123)(H,98,112)(H,99,119)(H,100,122)(H,101,128)(H,102,120)(H,103,129)(H,105,125)(H,106,121)(H,113,114)(H,115,116)(H,130,131)(H4,85,86,89)(H2,104,107,133)/t35-,36-,37-,38-,39-,40-,50-,51-,52-,53-,54-,55-,56-,64-/m0/s1. The summed E-state index contributed by atoms with van der Waals surface area (Å²) in [4.78, 5) is 294. The zero-order valence-electron chi connectivity index (χ0n) is 73.7. The first-order chi connectivity index (χ1) is 63.7. The Bertz CT molecular complexity index is 5250. The van der Waals surface area contributed by atoms with E-state index < -0.39 is 266 Å². The minimum absolute atomic E-state index is 0.0833. The van der Waals surface area contributed by atoms with Crippen molar-refractivity contribution in [2.24, 2.45) is 23.1 Å². The monoisotopic (exact) mass is 1890 g/mol. The van der Waals surface area contributed by atoms with Crippen LogP contribution in [0.15, 0.2) is 79.6 Å². The molecule has 135 heavy (non-hydrogen) atoms. The Labute approximate surface area is 766 Å². The van der Waals surface area contributed by atoms with Gasteiger partial charge in [0.05, 0.1) is 42.6 Å². The zero-order valence-corrected chi connectivity index (χ0v) is 73.7. The van der Waals surface area contributed by atoms with Crippen molar-refractivity contribution in [1.29, 1.82) is 5.41 Å². The fourth-order valence-electron chi connectivity index (χ4n) is 13.5. The van der Waals surface area contributed by atoms with E-state index in [1.54, 1.807) is 6.92 Å². The zero-order chi connectivity index (χ0) is 100.0. The summed E-state index contributed by atoms with van der Waals surface area (Å²) in [5.41, 5.74) is 19.5. The van der Waals surface area contributed by atoms with E-state index in [0.717, 1.165) is 13.8 Å². The Hall–Kier alpha value is -16.6. The minimum Gasteiger partial charge on any atom is -0.508 e. The average Bonchev–Trinajstić information content (AvgIpc) is 1.56. The number of amides is 18. The molecule has 1 spiro atoms. The predicted octanol–water partition coefficient (Wildman–Crippen LogP) is -6.79. The number of hydrogen-bond acceptors (Lipinski definition) is 28. The van der Waals surface area contributed by atoms with Gasteiger partial charge in [-0.1, -0.05) is 26.3 Å². The van der Waals surface area contributed by atoms with Crippen LogP contribution < -0.4 is 113 Å². The quantitative estimate of drug-likeness (QED) is 0.00566. The van der Waals surface area contributed by atoms with Gasteiger partial charge in [-0.15, -0.1) is 0 Å². The molecule has 0 saturated heterocycles. The van der Waals surface area contributed by atoms with Crippen molar-refractivity contribution in [2.45, 2.75) is 210 Å². The first kappa shape index (κ1) is 105. The highest BCUT2D eigenvalue weighted by Crippen LogP contribution is 2.57. The topological polar surface area (TPSA) is 842 Å². The maximum Gasteiger partial charge on any atom is 0.340 e. The highest BCUT2D eigenvalue weighted by Gasteiger charge is 2.54. The predicted molar refractivity (Wildman–Crippen MR) is 462 cm³/mol. The lowest BCUT2D eigenvalue weighted by Gasteiger charge is -2.36. The molecule has 0 fully saturated rings. The number of fused-ring (bicyclic) bond motifs is 6. The number of guanidine groups is 1. The van der Waals surface area contributed by atoms with Crippen molar-refractivity contribution in [1.82, 2.24) is 111 Å². The van der Waals surface area contributed by atoms with E-state index in [0.29, 0.717) is 11.1 Å². The van der Waals surface area contributed by atoms with Gasteiger partial charge in [-0.2, -0.15) is 0 Å². The Morgan fingerprint density at radius 2 is 0.904 bits per heavy atom. The average molecular weight is 1890 g/mol. The number of primary amides is 2. The van der Waals surface area contributed by atoms with Crippen molar-refractivity contribution in [3.8, 4) is 23.0 Å². The number of benzene rings is 3. The number of urea groups is 1. The summed E-state index contributed by atoms with van der Waals surface area (Å²) < 4.78 is 12.1. The van der Waals surface area contributed by atoms with E-state index in [1.165, 1.54) is 107 Å². The van der Waals surface area contributed by atoms with Crippen molar-refractivity contribution in [3.05, 3.63) is 119 Å². The number of esters is 1. The molecule has 0 radical (unpaired) electrons. The number of nitrogens with two attached hydrogens (primary N) is 3. The summed E-state index contributed by atoms with van der Waals surface area (Å²) in [6, 6.07) is -10.3. The summed E-state index contributed by atoms with van der Waals surface area (Å²) in [7, 11) is 0. The third-order valence-corrected chi connectivity index (χ3v) is 21.0. The fraction of sp³-hybridized carbons (Fsp3) is 0.439. The molecule has 14 atom stereocenters. The Morgan fingerprint density at radius 3 is 1.39 bits per heavy atom. The number of nitrogens with one attached hydrogen (secondary N) is 20. The van der Waals surface area contributed by atoms with Gasteiger partial charge in [0.2, 0.25) is 82.7 Å². The molecule has 0 bridgehead atoms. The molecule has 5 aromatic rings. The number of aromatic amines is 2. The number of carbonyl (C=O) groups excluding carboxylic acids is 18. The third kappa shape index (κ3) is 30.8. The highest BCUT2D eigenvalue weighted by atomic mass is 16.6. The van der Waals surface area contributed by atoms with Crippen LogP contribution in [0.25, 0.3) is 0 Å². The van der Waals surface area contributed by atoms with Gasteiger partial charge in [0, 0.05) is 85.4 Å². The number of rotatable bonds is 50. The van der Waals surface area contributed by atoms with Crippen molar-refractivity contribution < 1.29 is 136 Å². The second kappa shape index (κ2) is 48.9. The number of aromatic hydroxyl groups is 2. The largest absolute Gasteiger partial charge is 0.508 e. The number of phenolic OH excluding ortho intramolecular Hbond substituents is 2. The number of hydrogen-bond donors (Lipinski definition) is 28. The summed E-state index contributed by atoms with van der Waals surface area (Å²) in [6.45, 7) is 8.13. The summed E-state index contributed by atoms with van der Waals surface area (Å²) in [5.74, 6) is -24.1. The fourth-order valence-corrected chi connectivity index (χ4v) is 13.5. The third-order valence-electron chi connectivity index (χ3n) is 21.0. The van der Waals surface area contributed by atoms with Crippen LogP contribution in [0.2, 0.25) is 0 Å². The van der Waals surface area contributed by atoms with E-state index in [4.69, 9.17) is 32.1 Å². The molecule has 3 aromatic carbocycles. The number of carboxylic acid groups (broad SMARTS) is 3. The summed E-state index contributed by atoms with van der Waals surface area (Å²) in [6.07, 6.45) is -0.194. The smallest absolute Gasteiger partial charge is 0.340 e. The Balaban J connectivity index is 0.927. The number of aromatic nitrogens is 4.